The van der Waals surface area contributed by atoms with E-state index in [9.17, 15) is 9.59 Å². The third-order valence-corrected chi connectivity index (χ3v) is 2.42. The second kappa shape index (κ2) is 7.34. The van der Waals surface area contributed by atoms with Gasteiger partial charge in [-0.15, -0.1) is 0 Å². The van der Waals surface area contributed by atoms with Gasteiger partial charge in [0, 0.05) is 13.0 Å². The van der Waals surface area contributed by atoms with Crippen LogP contribution in [0.3, 0.4) is 0 Å². The van der Waals surface area contributed by atoms with Gasteiger partial charge in [0.05, 0.1) is 0 Å². The van der Waals surface area contributed by atoms with Crippen LogP contribution in [0.1, 0.15) is 26.1 Å². The predicted molar refractivity (Wildman–Crippen MR) is 67.5 cm³/mol. The lowest BCUT2D eigenvalue weighted by atomic mass is 10.0. The Morgan fingerprint density at radius 3 is 2.74 bits per heavy atom. The van der Waals surface area contributed by atoms with Crippen LogP contribution in [0.25, 0.3) is 0 Å². The Balaban J connectivity index is 2.30. The monoisotopic (exact) mass is 269 g/mol. The van der Waals surface area contributed by atoms with Crippen molar-refractivity contribution in [1.29, 1.82) is 0 Å². The highest BCUT2D eigenvalue weighted by molar-refractivity contribution is 5.82. The summed E-state index contributed by atoms with van der Waals surface area (Å²) in [4.78, 5) is 26.4. The zero-order valence-corrected chi connectivity index (χ0v) is 11.0. The highest BCUT2D eigenvalue weighted by Gasteiger charge is 2.20. The van der Waals surface area contributed by atoms with Crippen LogP contribution in [0.2, 0.25) is 0 Å². The summed E-state index contributed by atoms with van der Waals surface area (Å²) in [5, 5.41) is 20.3. The van der Waals surface area contributed by atoms with Gasteiger partial charge in [-0.25, -0.2) is 14.6 Å². The Morgan fingerprint density at radius 1 is 1.47 bits per heavy atom. The van der Waals surface area contributed by atoms with Gasteiger partial charge >= 0.3 is 12.0 Å². The van der Waals surface area contributed by atoms with E-state index in [0.717, 1.165) is 0 Å². The number of aliphatic carboxylic acids is 1. The average Bonchev–Trinajstić information content (AvgIpc) is 2.80. The Morgan fingerprint density at radius 2 is 2.21 bits per heavy atom. The standard InChI is InChI=1S/C11H19N5O3/c1-7(2)5-8(10(17)18)15-11(19)12-4-3-9-13-6-14-16-9/h6-8H,3-5H2,1-2H3,(H,17,18)(H2,12,15,19)(H,13,14,16)/t8-/m0/s1. The van der Waals surface area contributed by atoms with E-state index in [2.05, 4.69) is 25.8 Å². The number of rotatable bonds is 7. The Labute approximate surface area is 111 Å². The number of hydrogen-bond acceptors (Lipinski definition) is 4. The first-order valence-electron chi connectivity index (χ1n) is 6.10. The van der Waals surface area contributed by atoms with Crippen LogP contribution in [0.4, 0.5) is 4.79 Å². The molecular formula is C11H19N5O3. The molecule has 0 saturated carbocycles. The Bertz CT molecular complexity index is 404. The molecule has 1 heterocycles. The summed E-state index contributed by atoms with van der Waals surface area (Å²) in [6, 6.07) is -1.36. The van der Waals surface area contributed by atoms with Crippen molar-refractivity contribution < 1.29 is 14.7 Å². The average molecular weight is 269 g/mol. The number of carbonyl (C=O) groups is 2. The van der Waals surface area contributed by atoms with Crippen LogP contribution in [-0.2, 0) is 11.2 Å². The van der Waals surface area contributed by atoms with Crippen molar-refractivity contribution in [3.8, 4) is 0 Å². The summed E-state index contributed by atoms with van der Waals surface area (Å²) >= 11 is 0. The van der Waals surface area contributed by atoms with E-state index in [1.54, 1.807) is 0 Å². The van der Waals surface area contributed by atoms with Crippen molar-refractivity contribution in [2.75, 3.05) is 6.54 Å². The molecule has 8 heteroatoms. The SMILES string of the molecule is CC(C)C[C@H](NC(=O)NCCc1ncn[nH]1)C(=O)O. The van der Waals surface area contributed by atoms with Gasteiger partial charge in [-0.2, -0.15) is 5.10 Å². The predicted octanol–water partition coefficient (Wildman–Crippen LogP) is 0.146. The first-order chi connectivity index (χ1) is 8.99. The van der Waals surface area contributed by atoms with Gasteiger partial charge in [0.15, 0.2) is 0 Å². The molecule has 8 nitrogen and oxygen atoms in total. The minimum Gasteiger partial charge on any atom is -0.480 e. The van der Waals surface area contributed by atoms with Crippen molar-refractivity contribution in [1.82, 2.24) is 25.8 Å². The first kappa shape index (κ1) is 14.9. The third kappa shape index (κ3) is 5.84. The minimum atomic E-state index is -1.03. The van der Waals surface area contributed by atoms with Gasteiger partial charge in [0.25, 0.3) is 0 Å². The number of nitrogens with one attached hydrogen (secondary N) is 3. The molecule has 1 atom stereocenters. The number of carboxylic acid groups (broad SMARTS) is 1. The summed E-state index contributed by atoms with van der Waals surface area (Å²) in [7, 11) is 0. The number of carbonyl (C=O) groups excluding carboxylic acids is 1. The van der Waals surface area contributed by atoms with E-state index in [1.807, 2.05) is 13.8 Å². The van der Waals surface area contributed by atoms with E-state index >= 15 is 0 Å². The van der Waals surface area contributed by atoms with Crippen LogP contribution in [-0.4, -0.2) is 44.9 Å². The van der Waals surface area contributed by atoms with Gasteiger partial charge < -0.3 is 15.7 Å². The molecule has 1 rings (SSSR count). The molecule has 1 aromatic heterocycles. The molecule has 0 aliphatic rings. The fourth-order valence-electron chi connectivity index (χ4n) is 1.55. The molecule has 0 aliphatic heterocycles. The quantitative estimate of drug-likeness (QED) is 0.561. The number of aromatic amines is 1. The molecule has 1 aromatic rings. The maximum absolute atomic E-state index is 11.5. The molecule has 2 amide bonds. The second-order valence-electron chi connectivity index (χ2n) is 4.60. The maximum Gasteiger partial charge on any atom is 0.326 e. The smallest absolute Gasteiger partial charge is 0.326 e. The zero-order chi connectivity index (χ0) is 14.3. The number of nitrogens with zero attached hydrogens (tertiary/aromatic N) is 2. The molecule has 0 fully saturated rings. The van der Waals surface area contributed by atoms with E-state index in [0.29, 0.717) is 25.2 Å². The molecule has 19 heavy (non-hydrogen) atoms. The van der Waals surface area contributed by atoms with Gasteiger partial charge in [0.1, 0.15) is 18.2 Å². The highest BCUT2D eigenvalue weighted by Crippen LogP contribution is 2.04. The van der Waals surface area contributed by atoms with Gasteiger partial charge in [0.2, 0.25) is 0 Å². The fourth-order valence-corrected chi connectivity index (χ4v) is 1.55. The fraction of sp³-hybridized carbons (Fsp3) is 0.636. The molecular weight excluding hydrogens is 250 g/mol. The van der Waals surface area contributed by atoms with E-state index in [-0.39, 0.29) is 5.92 Å². The number of aromatic nitrogens is 3. The van der Waals surface area contributed by atoms with Crippen LogP contribution in [0.15, 0.2) is 6.33 Å². The Hall–Kier alpha value is -2.12. The normalized spacial score (nSPS) is 12.2. The molecule has 0 radical (unpaired) electrons. The molecule has 0 spiro atoms. The van der Waals surface area contributed by atoms with Crippen LogP contribution in [0, 0.1) is 5.92 Å². The Kier molecular flexibility index (Phi) is 5.77. The van der Waals surface area contributed by atoms with Crippen molar-refractivity contribution in [3.05, 3.63) is 12.2 Å². The van der Waals surface area contributed by atoms with E-state index in [4.69, 9.17) is 5.11 Å². The van der Waals surface area contributed by atoms with Gasteiger partial charge in [-0.3, -0.25) is 5.10 Å². The van der Waals surface area contributed by atoms with E-state index < -0.39 is 18.0 Å². The number of amides is 2. The molecule has 106 valence electrons. The summed E-state index contributed by atoms with van der Waals surface area (Å²) in [5.41, 5.74) is 0. The third-order valence-electron chi connectivity index (χ3n) is 2.42. The van der Waals surface area contributed by atoms with Crippen LogP contribution in [0.5, 0.6) is 0 Å². The molecule has 0 unspecified atom stereocenters. The lowest BCUT2D eigenvalue weighted by Crippen LogP contribution is -2.47. The van der Waals surface area contributed by atoms with Crippen molar-refractivity contribution in [2.24, 2.45) is 5.92 Å². The first-order valence-corrected chi connectivity index (χ1v) is 6.10. The molecule has 0 aromatic carbocycles. The summed E-state index contributed by atoms with van der Waals surface area (Å²) in [6.07, 6.45) is 2.29. The highest BCUT2D eigenvalue weighted by atomic mass is 16.4. The van der Waals surface area contributed by atoms with E-state index in [1.165, 1.54) is 6.33 Å². The largest absolute Gasteiger partial charge is 0.480 e. The van der Waals surface area contributed by atoms with Crippen molar-refractivity contribution in [3.63, 3.8) is 0 Å². The van der Waals surface area contributed by atoms with Gasteiger partial charge in [-0.05, 0) is 12.3 Å². The molecule has 0 bridgehead atoms. The minimum absolute atomic E-state index is 0.190. The zero-order valence-electron chi connectivity index (χ0n) is 11.0. The summed E-state index contributed by atoms with van der Waals surface area (Å²) in [5.74, 6) is -0.174. The summed E-state index contributed by atoms with van der Waals surface area (Å²) in [6.45, 7) is 4.16. The molecule has 4 N–H and O–H groups in total. The van der Waals surface area contributed by atoms with Gasteiger partial charge in [-0.1, -0.05) is 13.8 Å². The summed E-state index contributed by atoms with van der Waals surface area (Å²) < 4.78 is 0. The molecule has 0 aliphatic carbocycles. The molecule has 0 saturated heterocycles. The number of H-pyrrole nitrogens is 1. The lowest BCUT2D eigenvalue weighted by molar-refractivity contribution is -0.139. The number of urea groups is 1. The number of hydrogen-bond donors (Lipinski definition) is 4. The number of carboxylic acids is 1. The van der Waals surface area contributed by atoms with Crippen LogP contribution < -0.4 is 10.6 Å². The maximum atomic E-state index is 11.5. The van der Waals surface area contributed by atoms with Crippen LogP contribution >= 0.6 is 0 Å². The lowest BCUT2D eigenvalue weighted by Gasteiger charge is -2.16. The second-order valence-corrected chi connectivity index (χ2v) is 4.60. The van der Waals surface area contributed by atoms with Crippen molar-refractivity contribution in [2.45, 2.75) is 32.7 Å². The van der Waals surface area contributed by atoms with Crippen molar-refractivity contribution >= 4 is 12.0 Å². The topological polar surface area (TPSA) is 120 Å².